The van der Waals surface area contributed by atoms with E-state index in [4.69, 9.17) is 4.74 Å². The molecule has 5 heteroatoms. The van der Waals surface area contributed by atoms with E-state index in [0.29, 0.717) is 6.61 Å². The Labute approximate surface area is 155 Å². The fourth-order valence-electron chi connectivity index (χ4n) is 4.35. The number of likely N-dealkylation sites (tertiary alicyclic amines) is 1. The molecule has 0 saturated carbocycles. The number of nitrogens with zero attached hydrogens (tertiary/aromatic N) is 2. The van der Waals surface area contributed by atoms with Crippen LogP contribution >= 0.6 is 0 Å². The third-order valence-electron chi connectivity index (χ3n) is 5.96. The zero-order chi connectivity index (χ0) is 18.1. The number of aromatic nitrogens is 1. The highest BCUT2D eigenvalue weighted by Gasteiger charge is 2.24. The second-order valence-corrected chi connectivity index (χ2v) is 7.70. The topological polar surface area (TPSA) is 46.5 Å². The third-order valence-corrected chi connectivity index (χ3v) is 5.96. The highest BCUT2D eigenvalue weighted by molar-refractivity contribution is 5.99. The molecule has 0 spiro atoms. The Morgan fingerprint density at radius 2 is 2.12 bits per heavy atom. The van der Waals surface area contributed by atoms with E-state index in [0.717, 1.165) is 63.5 Å². The van der Waals surface area contributed by atoms with Gasteiger partial charge in [-0.05, 0) is 42.5 Å². The Kier molecular flexibility index (Phi) is 5.00. The van der Waals surface area contributed by atoms with Gasteiger partial charge in [0.25, 0.3) is 5.91 Å². The minimum absolute atomic E-state index is 0.181. The number of amides is 1. The van der Waals surface area contributed by atoms with Gasteiger partial charge in [-0.1, -0.05) is 6.92 Å². The molecule has 0 bridgehead atoms. The van der Waals surface area contributed by atoms with Crippen molar-refractivity contribution < 1.29 is 9.53 Å². The minimum Gasteiger partial charge on any atom is -0.383 e. The Balaban J connectivity index is 1.69. The minimum atomic E-state index is 0.181. The van der Waals surface area contributed by atoms with Crippen LogP contribution in [0.15, 0.2) is 18.2 Å². The lowest BCUT2D eigenvalue weighted by Crippen LogP contribution is -2.37. The molecule has 2 aliphatic heterocycles. The van der Waals surface area contributed by atoms with Crippen LogP contribution in [0.3, 0.4) is 0 Å². The number of piperidine rings is 1. The van der Waals surface area contributed by atoms with Gasteiger partial charge in [-0.15, -0.1) is 0 Å². The van der Waals surface area contributed by atoms with Gasteiger partial charge >= 0.3 is 0 Å². The molecule has 0 unspecified atom stereocenters. The first kappa shape index (κ1) is 17.6. The van der Waals surface area contributed by atoms with Crippen molar-refractivity contribution in [2.24, 2.45) is 5.92 Å². The summed E-state index contributed by atoms with van der Waals surface area (Å²) in [6.07, 6.45) is 3.25. The van der Waals surface area contributed by atoms with Crippen molar-refractivity contribution in [2.45, 2.75) is 39.3 Å². The molecule has 0 aliphatic carbocycles. The van der Waals surface area contributed by atoms with Crippen LogP contribution in [-0.2, 0) is 24.2 Å². The molecule has 1 aromatic heterocycles. The Morgan fingerprint density at radius 3 is 2.88 bits per heavy atom. The van der Waals surface area contributed by atoms with Gasteiger partial charge < -0.3 is 19.5 Å². The zero-order valence-electron chi connectivity index (χ0n) is 15.9. The molecule has 2 aromatic rings. The average molecular weight is 355 g/mol. The molecule has 2 aliphatic rings. The molecule has 1 aromatic carbocycles. The Hall–Kier alpha value is -1.85. The lowest BCUT2D eigenvalue weighted by molar-refractivity contribution is 0.0697. The number of ether oxygens (including phenoxy) is 1. The fourth-order valence-corrected chi connectivity index (χ4v) is 4.35. The van der Waals surface area contributed by atoms with Crippen LogP contribution in [0.25, 0.3) is 10.9 Å². The first-order valence-electron chi connectivity index (χ1n) is 9.82. The summed E-state index contributed by atoms with van der Waals surface area (Å²) in [7, 11) is 1.75. The molecule has 0 radical (unpaired) electrons. The number of hydrogen-bond donors (Lipinski definition) is 1. The summed E-state index contributed by atoms with van der Waals surface area (Å²) in [6.45, 7) is 7.49. The van der Waals surface area contributed by atoms with Crippen LogP contribution in [0, 0.1) is 5.92 Å². The lowest BCUT2D eigenvalue weighted by atomic mass is 9.98. The first-order valence-corrected chi connectivity index (χ1v) is 9.82. The predicted octanol–water partition coefficient (Wildman–Crippen LogP) is 2.81. The van der Waals surface area contributed by atoms with Gasteiger partial charge in [0.15, 0.2) is 0 Å². The van der Waals surface area contributed by atoms with E-state index in [-0.39, 0.29) is 5.91 Å². The lowest BCUT2D eigenvalue weighted by Gasteiger charge is -2.30. The molecule has 1 saturated heterocycles. The smallest absolute Gasteiger partial charge is 0.253 e. The number of nitrogens with one attached hydrogen (secondary N) is 1. The number of benzene rings is 1. The van der Waals surface area contributed by atoms with Gasteiger partial charge in [-0.25, -0.2) is 0 Å². The Morgan fingerprint density at radius 1 is 1.31 bits per heavy atom. The molecule has 5 nitrogen and oxygen atoms in total. The van der Waals surface area contributed by atoms with Gasteiger partial charge in [0.2, 0.25) is 0 Å². The zero-order valence-corrected chi connectivity index (χ0v) is 15.9. The van der Waals surface area contributed by atoms with E-state index in [1.54, 1.807) is 7.11 Å². The number of carbonyl (C=O) groups excluding carboxylic acids is 1. The van der Waals surface area contributed by atoms with Gasteiger partial charge in [0.1, 0.15) is 0 Å². The molecular weight excluding hydrogens is 326 g/mol. The van der Waals surface area contributed by atoms with E-state index in [9.17, 15) is 4.79 Å². The summed E-state index contributed by atoms with van der Waals surface area (Å²) in [5, 5.41) is 4.70. The summed E-state index contributed by atoms with van der Waals surface area (Å²) in [6, 6.07) is 6.25. The summed E-state index contributed by atoms with van der Waals surface area (Å²) in [5.41, 5.74) is 4.79. The summed E-state index contributed by atoms with van der Waals surface area (Å²) in [4.78, 5) is 15.0. The monoisotopic (exact) mass is 355 g/mol. The maximum absolute atomic E-state index is 13.0. The van der Waals surface area contributed by atoms with Crippen molar-refractivity contribution in [3.63, 3.8) is 0 Å². The van der Waals surface area contributed by atoms with Gasteiger partial charge in [-0.2, -0.15) is 0 Å². The van der Waals surface area contributed by atoms with Crippen LogP contribution in [-0.4, -0.2) is 48.7 Å². The summed E-state index contributed by atoms with van der Waals surface area (Å²) in [5.74, 6) is 0.912. The van der Waals surface area contributed by atoms with Crippen molar-refractivity contribution in [3.8, 4) is 0 Å². The number of methoxy groups -OCH3 is 1. The average Bonchev–Trinajstić information content (AvgIpc) is 2.99. The van der Waals surface area contributed by atoms with Crippen molar-refractivity contribution >= 4 is 16.8 Å². The molecule has 1 fully saturated rings. The van der Waals surface area contributed by atoms with Gasteiger partial charge in [0, 0.05) is 68.4 Å². The first-order chi connectivity index (χ1) is 12.7. The van der Waals surface area contributed by atoms with E-state index >= 15 is 0 Å². The third kappa shape index (κ3) is 3.14. The Bertz CT molecular complexity index is 803. The van der Waals surface area contributed by atoms with Crippen molar-refractivity contribution in [1.29, 1.82) is 0 Å². The van der Waals surface area contributed by atoms with E-state index in [1.165, 1.54) is 22.2 Å². The normalized spacial score (nSPS) is 18.3. The number of carbonyl (C=O) groups is 1. The quantitative estimate of drug-likeness (QED) is 0.917. The maximum atomic E-state index is 13.0. The fraction of sp³-hybridized carbons (Fsp3) is 0.571. The summed E-state index contributed by atoms with van der Waals surface area (Å²) < 4.78 is 7.69. The van der Waals surface area contributed by atoms with Crippen LogP contribution in [0.5, 0.6) is 0 Å². The van der Waals surface area contributed by atoms with Crippen LogP contribution in [0.1, 0.15) is 41.4 Å². The number of hydrogen-bond acceptors (Lipinski definition) is 3. The largest absolute Gasteiger partial charge is 0.383 e. The molecule has 140 valence electrons. The van der Waals surface area contributed by atoms with Gasteiger partial charge in [-0.3, -0.25) is 4.79 Å². The van der Waals surface area contributed by atoms with Crippen molar-refractivity contribution in [1.82, 2.24) is 14.8 Å². The molecular formula is C21H29N3O2. The molecule has 1 amide bonds. The second-order valence-electron chi connectivity index (χ2n) is 7.70. The highest BCUT2D eigenvalue weighted by Crippen LogP contribution is 2.30. The van der Waals surface area contributed by atoms with Crippen molar-refractivity contribution in [2.75, 3.05) is 33.4 Å². The summed E-state index contributed by atoms with van der Waals surface area (Å²) >= 11 is 0. The van der Waals surface area contributed by atoms with Crippen LogP contribution in [0.4, 0.5) is 0 Å². The SMILES string of the molecule is COCCn1c2c(c3cc(C(=O)N4CCC(C)CC4)ccc31)CNCC2. The van der Waals surface area contributed by atoms with Crippen molar-refractivity contribution in [3.05, 3.63) is 35.0 Å². The number of fused-ring (bicyclic) bond motifs is 3. The van der Waals surface area contributed by atoms with Crippen LogP contribution < -0.4 is 5.32 Å². The standard InChI is InChI=1S/C21H29N3O2/c1-15-6-9-23(10-7-15)21(25)16-3-4-19-17(13-16)18-14-22-8-5-20(18)24(19)11-12-26-2/h3-4,13,15,22H,5-12,14H2,1-2H3. The van der Waals surface area contributed by atoms with E-state index < -0.39 is 0 Å². The highest BCUT2D eigenvalue weighted by atomic mass is 16.5. The van der Waals surface area contributed by atoms with E-state index in [1.807, 2.05) is 11.0 Å². The van der Waals surface area contributed by atoms with E-state index in [2.05, 4.69) is 28.9 Å². The second kappa shape index (κ2) is 7.41. The molecule has 3 heterocycles. The molecule has 26 heavy (non-hydrogen) atoms. The predicted molar refractivity (Wildman–Crippen MR) is 104 cm³/mol. The van der Waals surface area contributed by atoms with Gasteiger partial charge in [0.05, 0.1) is 6.61 Å². The molecule has 4 rings (SSSR count). The maximum Gasteiger partial charge on any atom is 0.253 e. The van der Waals surface area contributed by atoms with Crippen LogP contribution in [0.2, 0.25) is 0 Å². The molecule has 0 atom stereocenters. The molecule has 1 N–H and O–H groups in total. The number of rotatable bonds is 4.